The number of benzene rings is 1. The minimum atomic E-state index is -0.833. The van der Waals surface area contributed by atoms with Crippen LogP contribution in [0.5, 0.6) is 0 Å². The molecular weight excluding hydrogens is 182 g/mol. The van der Waals surface area contributed by atoms with E-state index in [9.17, 15) is 0 Å². The Balaban J connectivity index is 0.000000213. The van der Waals surface area contributed by atoms with E-state index in [-0.39, 0.29) is 0 Å². The maximum Gasteiger partial charge on any atom is 0.300 e. The average molecular weight is 193 g/mol. The molecule has 0 bridgehead atoms. The van der Waals surface area contributed by atoms with Crippen molar-refractivity contribution in [2.45, 2.75) is 6.92 Å². The molecule has 1 aromatic heterocycles. The van der Waals surface area contributed by atoms with Gasteiger partial charge >= 0.3 is 0 Å². The van der Waals surface area contributed by atoms with Gasteiger partial charge in [0, 0.05) is 18.0 Å². The van der Waals surface area contributed by atoms with Crippen molar-refractivity contribution in [3.8, 4) is 0 Å². The summed E-state index contributed by atoms with van der Waals surface area (Å²) in [6.07, 6.45) is 1.73. The molecule has 0 radical (unpaired) electrons. The molecule has 2 rings (SSSR count). The van der Waals surface area contributed by atoms with Crippen LogP contribution in [0.3, 0.4) is 0 Å². The monoisotopic (exact) mass is 193 g/mol. The highest BCUT2D eigenvalue weighted by Crippen LogP contribution is 2.16. The van der Waals surface area contributed by atoms with Crippen molar-refractivity contribution in [2.24, 2.45) is 0 Å². The van der Waals surface area contributed by atoms with Gasteiger partial charge in [0.2, 0.25) is 0 Å². The van der Waals surface area contributed by atoms with Crippen LogP contribution >= 0.6 is 0 Å². The lowest BCUT2D eigenvalue weighted by atomic mass is 10.2. The van der Waals surface area contributed by atoms with Crippen LogP contribution in [0.4, 0.5) is 5.69 Å². The van der Waals surface area contributed by atoms with Gasteiger partial charge in [-0.3, -0.25) is 9.89 Å². The predicted molar refractivity (Wildman–Crippen MR) is 53.8 cm³/mol. The van der Waals surface area contributed by atoms with Crippen molar-refractivity contribution in [3.05, 3.63) is 24.4 Å². The zero-order chi connectivity index (χ0) is 10.6. The van der Waals surface area contributed by atoms with Crippen molar-refractivity contribution in [2.75, 3.05) is 5.73 Å². The summed E-state index contributed by atoms with van der Waals surface area (Å²) >= 11 is 0. The number of aromatic nitrogens is 2. The predicted octanol–water partition coefficient (Wildman–Crippen LogP) is 1.24. The largest absolute Gasteiger partial charge is 0.481 e. The number of nitrogens with two attached hydrogens (primary N) is 1. The summed E-state index contributed by atoms with van der Waals surface area (Å²) in [6, 6.07) is 5.70. The Morgan fingerprint density at radius 3 is 2.79 bits per heavy atom. The summed E-state index contributed by atoms with van der Waals surface area (Å²) in [6.45, 7) is 1.08. The van der Waals surface area contributed by atoms with E-state index in [0.717, 1.165) is 23.5 Å². The van der Waals surface area contributed by atoms with E-state index in [4.69, 9.17) is 15.6 Å². The van der Waals surface area contributed by atoms with Gasteiger partial charge < -0.3 is 10.8 Å². The summed E-state index contributed by atoms with van der Waals surface area (Å²) < 4.78 is 0. The molecule has 0 fully saturated rings. The Bertz CT molecular complexity index is 432. The van der Waals surface area contributed by atoms with E-state index in [1.807, 2.05) is 18.2 Å². The van der Waals surface area contributed by atoms with Gasteiger partial charge in [-0.05, 0) is 12.1 Å². The number of rotatable bonds is 0. The van der Waals surface area contributed by atoms with E-state index in [2.05, 4.69) is 10.2 Å². The molecule has 1 aromatic carbocycles. The first-order chi connectivity index (χ1) is 6.61. The first-order valence-electron chi connectivity index (χ1n) is 3.98. The zero-order valence-electron chi connectivity index (χ0n) is 7.69. The summed E-state index contributed by atoms with van der Waals surface area (Å²) in [5.41, 5.74) is 7.40. The Hall–Kier alpha value is -2.04. The lowest BCUT2D eigenvalue weighted by molar-refractivity contribution is -0.134. The molecule has 0 aliphatic carbocycles. The summed E-state index contributed by atoms with van der Waals surface area (Å²) in [5, 5.41) is 15.1. The number of hydrogen-bond donors (Lipinski definition) is 3. The van der Waals surface area contributed by atoms with Crippen molar-refractivity contribution in [1.82, 2.24) is 10.2 Å². The van der Waals surface area contributed by atoms with E-state index in [1.54, 1.807) is 6.20 Å². The number of nitrogen functional groups attached to an aromatic ring is 1. The third-order valence-electron chi connectivity index (χ3n) is 1.52. The molecular formula is C9H11N3O2. The smallest absolute Gasteiger partial charge is 0.300 e. The molecule has 4 N–H and O–H groups in total. The Labute approximate surface area is 80.5 Å². The third-order valence-corrected chi connectivity index (χ3v) is 1.52. The molecule has 1 heterocycles. The maximum absolute atomic E-state index is 9.00. The molecule has 2 aromatic rings. The van der Waals surface area contributed by atoms with Crippen LogP contribution in [-0.4, -0.2) is 21.3 Å². The van der Waals surface area contributed by atoms with Crippen molar-refractivity contribution in [3.63, 3.8) is 0 Å². The highest BCUT2D eigenvalue weighted by molar-refractivity contribution is 5.89. The van der Waals surface area contributed by atoms with Gasteiger partial charge in [-0.1, -0.05) is 6.07 Å². The molecule has 0 saturated carbocycles. The first kappa shape index (κ1) is 10.0. The van der Waals surface area contributed by atoms with E-state index < -0.39 is 5.97 Å². The van der Waals surface area contributed by atoms with Crippen molar-refractivity contribution >= 4 is 22.6 Å². The second-order valence-corrected chi connectivity index (χ2v) is 2.70. The topological polar surface area (TPSA) is 92.0 Å². The number of fused-ring (bicyclic) bond motifs is 1. The van der Waals surface area contributed by atoms with E-state index >= 15 is 0 Å². The number of carboxylic acids is 1. The lowest BCUT2D eigenvalue weighted by Crippen LogP contribution is -1.82. The van der Waals surface area contributed by atoms with Crippen molar-refractivity contribution in [1.29, 1.82) is 0 Å². The zero-order valence-corrected chi connectivity index (χ0v) is 7.69. The Morgan fingerprint density at radius 2 is 2.21 bits per heavy atom. The van der Waals surface area contributed by atoms with Gasteiger partial charge in [0.25, 0.3) is 5.97 Å². The molecule has 74 valence electrons. The standard InChI is InChI=1S/C7H7N3.C2H4O2/c8-6-2-1-3-7-5(6)4-9-10-7;1-2(3)4/h1-4H,8H2,(H,9,10);1H3,(H,3,4). The van der Waals surface area contributed by atoms with Gasteiger partial charge in [0.1, 0.15) is 0 Å². The summed E-state index contributed by atoms with van der Waals surface area (Å²) in [7, 11) is 0. The molecule has 0 atom stereocenters. The molecule has 0 amide bonds. The second-order valence-electron chi connectivity index (χ2n) is 2.70. The lowest BCUT2D eigenvalue weighted by Gasteiger charge is -1.91. The van der Waals surface area contributed by atoms with Gasteiger partial charge in [-0.25, -0.2) is 0 Å². The minimum Gasteiger partial charge on any atom is -0.481 e. The van der Waals surface area contributed by atoms with Crippen LogP contribution in [0.2, 0.25) is 0 Å². The van der Waals surface area contributed by atoms with Crippen LogP contribution in [0.25, 0.3) is 10.9 Å². The van der Waals surface area contributed by atoms with Crippen LogP contribution in [0, 0.1) is 0 Å². The second kappa shape index (κ2) is 4.27. The number of nitrogens with zero attached hydrogens (tertiary/aromatic N) is 1. The normalized spacial score (nSPS) is 9.21. The Morgan fingerprint density at radius 1 is 1.57 bits per heavy atom. The van der Waals surface area contributed by atoms with E-state index in [0.29, 0.717) is 0 Å². The van der Waals surface area contributed by atoms with Crippen LogP contribution in [-0.2, 0) is 4.79 Å². The maximum atomic E-state index is 9.00. The quantitative estimate of drug-likeness (QED) is 0.549. The number of carbonyl (C=O) groups is 1. The molecule has 0 spiro atoms. The fraction of sp³-hybridized carbons (Fsp3) is 0.111. The average Bonchev–Trinajstić information content (AvgIpc) is 2.52. The molecule has 0 aliphatic rings. The van der Waals surface area contributed by atoms with Gasteiger partial charge in [-0.15, -0.1) is 0 Å². The fourth-order valence-corrected chi connectivity index (χ4v) is 0.991. The fourth-order valence-electron chi connectivity index (χ4n) is 0.991. The molecule has 0 unspecified atom stereocenters. The molecule has 0 aliphatic heterocycles. The summed E-state index contributed by atoms with van der Waals surface area (Å²) in [5.74, 6) is -0.833. The molecule has 5 heteroatoms. The number of nitrogens with one attached hydrogen (secondary N) is 1. The highest BCUT2D eigenvalue weighted by Gasteiger charge is 1.95. The molecule has 14 heavy (non-hydrogen) atoms. The van der Waals surface area contributed by atoms with Crippen molar-refractivity contribution < 1.29 is 9.90 Å². The number of carboxylic acid groups (broad SMARTS) is 1. The number of H-pyrrole nitrogens is 1. The van der Waals surface area contributed by atoms with Gasteiger partial charge in [0.05, 0.1) is 11.7 Å². The van der Waals surface area contributed by atoms with Crippen LogP contribution in [0.15, 0.2) is 24.4 Å². The van der Waals surface area contributed by atoms with E-state index in [1.165, 1.54) is 0 Å². The number of aromatic amines is 1. The van der Waals surface area contributed by atoms with Gasteiger partial charge in [0.15, 0.2) is 0 Å². The Kier molecular flexibility index (Phi) is 3.06. The SMILES string of the molecule is CC(=O)O.Nc1cccc2[nH]ncc12. The first-order valence-corrected chi connectivity index (χ1v) is 3.98. The number of hydrogen-bond acceptors (Lipinski definition) is 3. The third kappa shape index (κ3) is 2.48. The minimum absolute atomic E-state index is 0.770. The summed E-state index contributed by atoms with van der Waals surface area (Å²) in [4.78, 5) is 9.00. The molecule has 5 nitrogen and oxygen atoms in total. The number of anilines is 1. The van der Waals surface area contributed by atoms with Crippen LogP contribution in [0.1, 0.15) is 6.92 Å². The highest BCUT2D eigenvalue weighted by atomic mass is 16.4. The molecule has 0 saturated heterocycles. The van der Waals surface area contributed by atoms with Crippen LogP contribution < -0.4 is 5.73 Å². The van der Waals surface area contributed by atoms with Gasteiger partial charge in [-0.2, -0.15) is 5.10 Å². The number of aliphatic carboxylic acids is 1.